The Balaban J connectivity index is 1.73. The van der Waals surface area contributed by atoms with Gasteiger partial charge in [-0.1, -0.05) is 30.0 Å². The second-order valence-electron chi connectivity index (χ2n) is 4.22. The van der Waals surface area contributed by atoms with E-state index in [1.54, 1.807) is 23.1 Å². The molecule has 102 valence electrons. The van der Waals surface area contributed by atoms with Crippen molar-refractivity contribution in [2.45, 2.75) is 13.0 Å². The van der Waals surface area contributed by atoms with E-state index >= 15 is 0 Å². The van der Waals surface area contributed by atoms with Crippen molar-refractivity contribution < 1.29 is 14.0 Å². The number of nitrogens with one attached hydrogen (secondary N) is 1. The van der Waals surface area contributed by atoms with Crippen LogP contribution < -0.4 is 5.32 Å². The highest BCUT2D eigenvalue weighted by atomic mass is 32.2. The van der Waals surface area contributed by atoms with Crippen LogP contribution in [-0.2, 0) is 11.3 Å². The lowest BCUT2D eigenvalue weighted by Crippen LogP contribution is -2.30. The SMILES string of the molecule is O=C(CCN1CCSC1=O)NCc1ccccc1F. The zero-order valence-corrected chi connectivity index (χ0v) is 11.2. The average molecular weight is 282 g/mol. The number of carbonyl (C=O) groups excluding carboxylic acids is 2. The Kier molecular flexibility index (Phi) is 4.79. The van der Waals surface area contributed by atoms with Gasteiger partial charge in [-0.15, -0.1) is 0 Å². The quantitative estimate of drug-likeness (QED) is 0.898. The first kappa shape index (κ1) is 13.9. The predicted octanol–water partition coefficient (Wildman–Crippen LogP) is 2.00. The molecule has 1 N–H and O–H groups in total. The summed E-state index contributed by atoms with van der Waals surface area (Å²) < 4.78 is 13.3. The maximum Gasteiger partial charge on any atom is 0.281 e. The molecule has 0 saturated carbocycles. The van der Waals surface area contributed by atoms with Crippen LogP contribution in [0, 0.1) is 5.82 Å². The zero-order chi connectivity index (χ0) is 13.7. The van der Waals surface area contributed by atoms with E-state index in [0.717, 1.165) is 5.75 Å². The van der Waals surface area contributed by atoms with Crippen LogP contribution in [0.1, 0.15) is 12.0 Å². The molecule has 19 heavy (non-hydrogen) atoms. The fourth-order valence-corrected chi connectivity index (χ4v) is 2.64. The minimum Gasteiger partial charge on any atom is -0.352 e. The normalized spacial score (nSPS) is 14.8. The Morgan fingerprint density at radius 1 is 1.42 bits per heavy atom. The number of carbonyl (C=O) groups is 2. The molecule has 0 spiro atoms. The fourth-order valence-electron chi connectivity index (χ4n) is 1.79. The molecule has 1 heterocycles. The second kappa shape index (κ2) is 6.56. The van der Waals surface area contributed by atoms with E-state index in [4.69, 9.17) is 0 Å². The standard InChI is InChI=1S/C13H15FN2O2S/c14-11-4-2-1-3-10(11)9-15-12(17)5-6-16-7-8-19-13(16)18/h1-4H,5-9H2,(H,15,17). The Bertz CT molecular complexity index is 481. The molecule has 4 nitrogen and oxygen atoms in total. The molecule has 0 atom stereocenters. The summed E-state index contributed by atoms with van der Waals surface area (Å²) in [5, 5.41) is 2.68. The molecule has 1 aliphatic heterocycles. The summed E-state index contributed by atoms with van der Waals surface area (Å²) in [6, 6.07) is 6.33. The lowest BCUT2D eigenvalue weighted by molar-refractivity contribution is -0.121. The predicted molar refractivity (Wildman–Crippen MR) is 72.3 cm³/mol. The van der Waals surface area contributed by atoms with Gasteiger partial charge in [0.15, 0.2) is 0 Å². The second-order valence-corrected chi connectivity index (χ2v) is 5.27. The van der Waals surface area contributed by atoms with Crippen LogP contribution in [0.15, 0.2) is 24.3 Å². The van der Waals surface area contributed by atoms with Crippen molar-refractivity contribution in [3.8, 4) is 0 Å². The molecule has 0 bridgehead atoms. The van der Waals surface area contributed by atoms with E-state index < -0.39 is 0 Å². The monoisotopic (exact) mass is 282 g/mol. The van der Waals surface area contributed by atoms with Gasteiger partial charge in [0.25, 0.3) is 5.24 Å². The molecular formula is C13H15FN2O2S. The topological polar surface area (TPSA) is 49.4 Å². The zero-order valence-electron chi connectivity index (χ0n) is 10.4. The Hall–Kier alpha value is -1.56. The third-order valence-electron chi connectivity index (χ3n) is 2.89. The van der Waals surface area contributed by atoms with Crippen LogP contribution in [0.5, 0.6) is 0 Å². The number of nitrogens with zero attached hydrogens (tertiary/aromatic N) is 1. The summed E-state index contributed by atoms with van der Waals surface area (Å²) in [5.74, 6) is 0.289. The summed E-state index contributed by atoms with van der Waals surface area (Å²) in [5.41, 5.74) is 0.462. The summed E-state index contributed by atoms with van der Waals surface area (Å²) in [6.07, 6.45) is 0.251. The molecule has 6 heteroatoms. The largest absolute Gasteiger partial charge is 0.352 e. The van der Waals surface area contributed by atoms with Crippen molar-refractivity contribution >= 4 is 22.9 Å². The molecule has 1 fully saturated rings. The Morgan fingerprint density at radius 2 is 2.21 bits per heavy atom. The van der Waals surface area contributed by atoms with Gasteiger partial charge in [-0.25, -0.2) is 4.39 Å². The minimum atomic E-state index is -0.325. The number of halogens is 1. The van der Waals surface area contributed by atoms with Crippen LogP contribution in [0.3, 0.4) is 0 Å². The van der Waals surface area contributed by atoms with Gasteiger partial charge in [-0.2, -0.15) is 0 Å². The number of hydrogen-bond acceptors (Lipinski definition) is 3. The van der Waals surface area contributed by atoms with E-state index in [-0.39, 0.29) is 29.9 Å². The van der Waals surface area contributed by atoms with Crippen LogP contribution in [0.25, 0.3) is 0 Å². The molecular weight excluding hydrogens is 267 g/mol. The molecule has 1 saturated heterocycles. The number of thioether (sulfide) groups is 1. The molecule has 1 aromatic rings. The van der Waals surface area contributed by atoms with Gasteiger partial charge >= 0.3 is 0 Å². The molecule has 1 aliphatic rings. The van der Waals surface area contributed by atoms with Gasteiger partial charge in [-0.05, 0) is 6.07 Å². The Labute approximate surface area is 115 Å². The summed E-state index contributed by atoms with van der Waals surface area (Å²) in [6.45, 7) is 1.30. The number of hydrogen-bond donors (Lipinski definition) is 1. The van der Waals surface area contributed by atoms with Crippen molar-refractivity contribution in [3.05, 3.63) is 35.6 Å². The van der Waals surface area contributed by atoms with Gasteiger partial charge in [0.05, 0.1) is 0 Å². The number of benzene rings is 1. The lowest BCUT2D eigenvalue weighted by Gasteiger charge is -2.14. The fraction of sp³-hybridized carbons (Fsp3) is 0.385. The van der Waals surface area contributed by atoms with Crippen LogP contribution in [-0.4, -0.2) is 34.9 Å². The molecule has 2 amide bonds. The van der Waals surface area contributed by atoms with Gasteiger partial charge in [0.1, 0.15) is 5.82 Å². The van der Waals surface area contributed by atoms with Crippen LogP contribution >= 0.6 is 11.8 Å². The maximum absolute atomic E-state index is 13.3. The highest BCUT2D eigenvalue weighted by Crippen LogP contribution is 2.17. The smallest absolute Gasteiger partial charge is 0.281 e. The molecule has 0 aliphatic carbocycles. The van der Waals surface area contributed by atoms with E-state index in [1.807, 2.05) is 0 Å². The van der Waals surface area contributed by atoms with Gasteiger partial charge in [-0.3, -0.25) is 9.59 Å². The van der Waals surface area contributed by atoms with E-state index in [9.17, 15) is 14.0 Å². The van der Waals surface area contributed by atoms with Crippen molar-refractivity contribution in [3.63, 3.8) is 0 Å². The lowest BCUT2D eigenvalue weighted by atomic mass is 10.2. The number of amides is 2. The summed E-state index contributed by atoms with van der Waals surface area (Å²) >= 11 is 1.27. The third-order valence-corrected chi connectivity index (χ3v) is 3.78. The van der Waals surface area contributed by atoms with Crippen molar-refractivity contribution in [2.24, 2.45) is 0 Å². The molecule has 0 aromatic heterocycles. The van der Waals surface area contributed by atoms with Crippen LogP contribution in [0.2, 0.25) is 0 Å². The first-order valence-electron chi connectivity index (χ1n) is 6.08. The molecule has 0 unspecified atom stereocenters. The maximum atomic E-state index is 13.3. The minimum absolute atomic E-state index is 0.0295. The van der Waals surface area contributed by atoms with E-state index in [0.29, 0.717) is 18.7 Å². The van der Waals surface area contributed by atoms with Crippen molar-refractivity contribution in [2.75, 3.05) is 18.8 Å². The van der Waals surface area contributed by atoms with Crippen LogP contribution in [0.4, 0.5) is 9.18 Å². The van der Waals surface area contributed by atoms with Crippen molar-refractivity contribution in [1.29, 1.82) is 0 Å². The first-order valence-corrected chi connectivity index (χ1v) is 7.07. The van der Waals surface area contributed by atoms with Gasteiger partial charge < -0.3 is 10.2 Å². The average Bonchev–Trinajstić information content (AvgIpc) is 2.81. The summed E-state index contributed by atoms with van der Waals surface area (Å²) in [7, 11) is 0. The highest BCUT2D eigenvalue weighted by molar-refractivity contribution is 8.13. The van der Waals surface area contributed by atoms with Gasteiger partial charge in [0, 0.05) is 37.4 Å². The Morgan fingerprint density at radius 3 is 2.89 bits per heavy atom. The third kappa shape index (κ3) is 3.96. The summed E-state index contributed by atoms with van der Waals surface area (Å²) in [4.78, 5) is 24.6. The van der Waals surface area contributed by atoms with E-state index in [2.05, 4.69) is 5.32 Å². The van der Waals surface area contributed by atoms with Crippen molar-refractivity contribution in [1.82, 2.24) is 10.2 Å². The molecule has 2 rings (SSSR count). The van der Waals surface area contributed by atoms with Gasteiger partial charge in [0.2, 0.25) is 5.91 Å². The number of rotatable bonds is 5. The molecule has 0 radical (unpaired) electrons. The van der Waals surface area contributed by atoms with E-state index in [1.165, 1.54) is 17.8 Å². The highest BCUT2D eigenvalue weighted by Gasteiger charge is 2.21. The first-order chi connectivity index (χ1) is 9.16. The molecule has 1 aromatic carbocycles.